The smallest absolute Gasteiger partial charge is 0.389 e. The molecule has 0 aliphatic carbocycles. The second-order valence-corrected chi connectivity index (χ2v) is 7.90. The fourth-order valence-corrected chi connectivity index (χ4v) is 3.83. The molecular formula is C24H21F3N4O5. The summed E-state index contributed by atoms with van der Waals surface area (Å²) in [6.45, 7) is -0.256. The largest absolute Gasteiger partial charge is 0.496 e. The van der Waals surface area contributed by atoms with Gasteiger partial charge in [-0.2, -0.15) is 18.3 Å². The van der Waals surface area contributed by atoms with Crippen LogP contribution in [0.1, 0.15) is 23.2 Å². The van der Waals surface area contributed by atoms with E-state index in [0.29, 0.717) is 22.5 Å². The van der Waals surface area contributed by atoms with Gasteiger partial charge in [0.15, 0.2) is 5.78 Å². The van der Waals surface area contributed by atoms with Crippen molar-refractivity contribution in [3.63, 3.8) is 0 Å². The number of ether oxygens (including phenoxy) is 2. The number of hydrogen-bond donors (Lipinski definition) is 1. The zero-order valence-corrected chi connectivity index (χ0v) is 19.2. The summed E-state index contributed by atoms with van der Waals surface area (Å²) in [5.74, 6) is -1.56. The molecule has 12 heteroatoms. The van der Waals surface area contributed by atoms with Crippen molar-refractivity contribution in [1.82, 2.24) is 19.2 Å². The van der Waals surface area contributed by atoms with Gasteiger partial charge in [0.05, 0.1) is 38.7 Å². The van der Waals surface area contributed by atoms with Gasteiger partial charge in [0, 0.05) is 29.9 Å². The monoisotopic (exact) mass is 502 g/mol. The molecule has 0 saturated heterocycles. The van der Waals surface area contributed by atoms with Crippen LogP contribution in [0.3, 0.4) is 0 Å². The van der Waals surface area contributed by atoms with Gasteiger partial charge in [-0.1, -0.05) is 0 Å². The first-order valence-electron chi connectivity index (χ1n) is 10.7. The number of ketones is 1. The Morgan fingerprint density at radius 1 is 1.03 bits per heavy atom. The molecule has 0 bridgehead atoms. The van der Waals surface area contributed by atoms with Crippen molar-refractivity contribution in [2.24, 2.45) is 0 Å². The standard InChI is InChI=1S/C24H21F3N4O5/c1-35-19-7-15(8-20(36-2)23(19)18(32)3-5-24(25,26)27)17-11-28-21-9-14(4-6-31(17)21)16-10-29-30(12-16)13-22(33)34/h4,6-12H,3,5,13H2,1-2H3,(H,33,34). The third kappa shape index (κ3) is 5.16. The van der Waals surface area contributed by atoms with Crippen LogP contribution in [0, 0.1) is 0 Å². The van der Waals surface area contributed by atoms with E-state index in [1.807, 2.05) is 6.07 Å². The summed E-state index contributed by atoms with van der Waals surface area (Å²) in [5.41, 5.74) is 3.22. The van der Waals surface area contributed by atoms with Gasteiger partial charge in [0.25, 0.3) is 0 Å². The molecule has 0 amide bonds. The zero-order valence-electron chi connectivity index (χ0n) is 19.2. The molecule has 0 spiro atoms. The number of alkyl halides is 3. The van der Waals surface area contributed by atoms with Crippen molar-refractivity contribution >= 4 is 17.4 Å². The van der Waals surface area contributed by atoms with Crippen molar-refractivity contribution in [3.8, 4) is 33.9 Å². The Labute approximate surface area is 202 Å². The van der Waals surface area contributed by atoms with Crippen molar-refractivity contribution in [3.05, 3.63) is 54.6 Å². The number of carboxylic acids is 1. The maximum Gasteiger partial charge on any atom is 0.389 e. The number of rotatable bonds is 9. The molecule has 3 aromatic heterocycles. The number of methoxy groups -OCH3 is 2. The first-order valence-corrected chi connectivity index (χ1v) is 10.7. The number of Topliss-reactive ketones (excluding diaryl/α,β-unsaturated/α-hetero) is 1. The van der Waals surface area contributed by atoms with E-state index in [1.165, 1.54) is 18.9 Å². The average Bonchev–Trinajstić information content (AvgIpc) is 3.47. The molecule has 188 valence electrons. The molecule has 36 heavy (non-hydrogen) atoms. The number of carboxylic acid groups (broad SMARTS) is 1. The first kappa shape index (κ1) is 24.8. The highest BCUT2D eigenvalue weighted by Gasteiger charge is 2.30. The van der Waals surface area contributed by atoms with Crippen molar-refractivity contribution < 1.29 is 37.3 Å². The van der Waals surface area contributed by atoms with E-state index in [-0.39, 0.29) is 23.6 Å². The molecule has 4 rings (SSSR count). The van der Waals surface area contributed by atoms with Crippen molar-refractivity contribution in [1.29, 1.82) is 0 Å². The van der Waals surface area contributed by atoms with Gasteiger partial charge >= 0.3 is 12.1 Å². The van der Waals surface area contributed by atoms with Crippen molar-refractivity contribution in [2.75, 3.05) is 14.2 Å². The van der Waals surface area contributed by atoms with E-state index < -0.39 is 30.8 Å². The normalized spacial score (nSPS) is 11.6. The van der Waals surface area contributed by atoms with Crippen LogP contribution < -0.4 is 9.47 Å². The van der Waals surface area contributed by atoms with Gasteiger partial charge in [0.2, 0.25) is 0 Å². The van der Waals surface area contributed by atoms with E-state index in [9.17, 15) is 22.8 Å². The molecular weight excluding hydrogens is 481 g/mol. The number of halogens is 3. The summed E-state index contributed by atoms with van der Waals surface area (Å²) >= 11 is 0. The quantitative estimate of drug-likeness (QED) is 0.336. The molecule has 9 nitrogen and oxygen atoms in total. The Bertz CT molecular complexity index is 1420. The number of pyridine rings is 1. The highest BCUT2D eigenvalue weighted by molar-refractivity contribution is 6.02. The summed E-state index contributed by atoms with van der Waals surface area (Å²) < 4.78 is 51.7. The van der Waals surface area contributed by atoms with Gasteiger partial charge in [-0.3, -0.25) is 18.7 Å². The molecule has 3 heterocycles. The number of carbonyl (C=O) groups excluding carboxylic acids is 1. The maximum absolute atomic E-state index is 12.6. The van der Waals surface area contributed by atoms with E-state index >= 15 is 0 Å². The van der Waals surface area contributed by atoms with Crippen LogP contribution in [0.15, 0.2) is 49.1 Å². The number of aromatic nitrogens is 4. The van der Waals surface area contributed by atoms with Crippen LogP contribution in [0.25, 0.3) is 28.0 Å². The van der Waals surface area contributed by atoms with Crippen LogP contribution in [-0.2, 0) is 11.3 Å². The fraction of sp³-hybridized carbons (Fsp3) is 0.250. The number of imidazole rings is 1. The lowest BCUT2D eigenvalue weighted by Crippen LogP contribution is -2.12. The predicted octanol–water partition coefficient (Wildman–Crippen LogP) is 4.49. The van der Waals surface area contributed by atoms with Gasteiger partial charge in [-0.15, -0.1) is 0 Å². The molecule has 0 aliphatic heterocycles. The van der Waals surface area contributed by atoms with E-state index in [1.54, 1.807) is 47.4 Å². The molecule has 0 aliphatic rings. The Balaban J connectivity index is 1.69. The number of aliphatic carboxylic acids is 1. The van der Waals surface area contributed by atoms with Crippen LogP contribution in [0.5, 0.6) is 11.5 Å². The highest BCUT2D eigenvalue weighted by Crippen LogP contribution is 2.37. The lowest BCUT2D eigenvalue weighted by Gasteiger charge is -2.15. The lowest BCUT2D eigenvalue weighted by atomic mass is 10.0. The summed E-state index contributed by atoms with van der Waals surface area (Å²) in [5, 5.41) is 13.0. The van der Waals surface area contributed by atoms with Gasteiger partial charge < -0.3 is 14.6 Å². The number of benzene rings is 1. The summed E-state index contributed by atoms with van der Waals surface area (Å²) in [6.07, 6.45) is 0.119. The van der Waals surface area contributed by atoms with E-state index in [4.69, 9.17) is 14.6 Å². The van der Waals surface area contributed by atoms with Gasteiger partial charge in [0.1, 0.15) is 29.3 Å². The molecule has 4 aromatic rings. The molecule has 0 fully saturated rings. The second kappa shape index (κ2) is 9.72. The highest BCUT2D eigenvalue weighted by atomic mass is 19.4. The van der Waals surface area contributed by atoms with Gasteiger partial charge in [-0.25, -0.2) is 4.98 Å². The maximum atomic E-state index is 12.6. The molecule has 0 unspecified atom stereocenters. The number of fused-ring (bicyclic) bond motifs is 1. The fourth-order valence-electron chi connectivity index (χ4n) is 3.83. The summed E-state index contributed by atoms with van der Waals surface area (Å²) in [6, 6.07) is 6.71. The second-order valence-electron chi connectivity index (χ2n) is 7.90. The summed E-state index contributed by atoms with van der Waals surface area (Å²) in [7, 11) is 2.65. The Hall–Kier alpha value is -4.35. The molecule has 1 aromatic carbocycles. The van der Waals surface area contributed by atoms with Crippen LogP contribution in [0.2, 0.25) is 0 Å². The molecule has 0 saturated carbocycles. The SMILES string of the molecule is COc1cc(-c2cnc3cc(-c4cnn(CC(=O)O)c4)ccn23)cc(OC)c1C(=O)CCC(F)(F)F. The lowest BCUT2D eigenvalue weighted by molar-refractivity contribution is -0.138. The number of hydrogen-bond acceptors (Lipinski definition) is 6. The van der Waals surface area contributed by atoms with E-state index in [2.05, 4.69) is 10.1 Å². The topological polar surface area (TPSA) is 108 Å². The first-order chi connectivity index (χ1) is 17.1. The zero-order chi connectivity index (χ0) is 26.0. The third-order valence-electron chi connectivity index (χ3n) is 5.49. The molecule has 1 N–H and O–H groups in total. The predicted molar refractivity (Wildman–Crippen MR) is 122 cm³/mol. The molecule has 0 atom stereocenters. The minimum Gasteiger partial charge on any atom is -0.496 e. The minimum absolute atomic E-state index is 0.0533. The minimum atomic E-state index is -4.46. The van der Waals surface area contributed by atoms with Gasteiger partial charge in [-0.05, 0) is 29.8 Å². The third-order valence-corrected chi connectivity index (χ3v) is 5.49. The van der Waals surface area contributed by atoms with Crippen molar-refractivity contribution in [2.45, 2.75) is 25.6 Å². The Morgan fingerprint density at radius 2 is 1.72 bits per heavy atom. The average molecular weight is 502 g/mol. The van der Waals surface area contributed by atoms with Crippen LogP contribution >= 0.6 is 0 Å². The molecule has 0 radical (unpaired) electrons. The number of nitrogens with zero attached hydrogens (tertiary/aromatic N) is 4. The van der Waals surface area contributed by atoms with Crippen LogP contribution in [-0.4, -0.2) is 56.4 Å². The van der Waals surface area contributed by atoms with Crippen LogP contribution in [0.4, 0.5) is 13.2 Å². The Morgan fingerprint density at radius 3 is 2.33 bits per heavy atom. The number of carbonyl (C=O) groups is 2. The Kier molecular flexibility index (Phi) is 6.69. The van der Waals surface area contributed by atoms with E-state index in [0.717, 1.165) is 5.56 Å². The summed E-state index contributed by atoms with van der Waals surface area (Å²) in [4.78, 5) is 27.9.